The van der Waals surface area contributed by atoms with Gasteiger partial charge in [-0.2, -0.15) is 0 Å². The van der Waals surface area contributed by atoms with Crippen LogP contribution in [0, 0.1) is 6.92 Å². The molecule has 0 unspecified atom stereocenters. The van der Waals surface area contributed by atoms with Gasteiger partial charge >= 0.3 is 0 Å². The fourth-order valence-corrected chi connectivity index (χ4v) is 2.22. The first kappa shape index (κ1) is 11.9. The van der Waals surface area contributed by atoms with E-state index >= 15 is 0 Å². The molecular weight excluding hydrogens is 216 g/mol. The van der Waals surface area contributed by atoms with Gasteiger partial charge in [0.25, 0.3) is 0 Å². The summed E-state index contributed by atoms with van der Waals surface area (Å²) in [5, 5.41) is 12.2. The Labute approximate surface area is 101 Å². The summed E-state index contributed by atoms with van der Waals surface area (Å²) in [5.41, 5.74) is 6.76. The van der Waals surface area contributed by atoms with Crippen molar-refractivity contribution in [2.45, 2.75) is 38.1 Å². The maximum atomic E-state index is 12.0. The summed E-state index contributed by atoms with van der Waals surface area (Å²) in [6.07, 6.45) is 3.52. The molecule has 92 valence electrons. The second-order valence-electron chi connectivity index (χ2n) is 4.82. The van der Waals surface area contributed by atoms with Crippen molar-refractivity contribution >= 4 is 11.6 Å². The summed E-state index contributed by atoms with van der Waals surface area (Å²) in [4.78, 5) is 12.0. The SMILES string of the molecule is Cc1cc(NC(=O)C2(N)CCCC2)ccc1O. The van der Waals surface area contributed by atoms with Gasteiger partial charge in [-0.05, 0) is 43.5 Å². The molecule has 1 aromatic carbocycles. The van der Waals surface area contributed by atoms with Crippen molar-refractivity contribution in [2.24, 2.45) is 5.73 Å². The van der Waals surface area contributed by atoms with Crippen LogP contribution in [0.3, 0.4) is 0 Å². The first-order chi connectivity index (χ1) is 8.01. The Bertz CT molecular complexity index is 437. The lowest BCUT2D eigenvalue weighted by Gasteiger charge is -2.22. The van der Waals surface area contributed by atoms with E-state index in [1.165, 1.54) is 0 Å². The fraction of sp³-hybridized carbons (Fsp3) is 0.462. The molecule has 1 aromatic rings. The number of rotatable bonds is 2. The Kier molecular flexibility index (Phi) is 3.07. The number of hydrogen-bond donors (Lipinski definition) is 3. The first-order valence-corrected chi connectivity index (χ1v) is 5.91. The summed E-state index contributed by atoms with van der Waals surface area (Å²) >= 11 is 0. The van der Waals surface area contributed by atoms with E-state index < -0.39 is 5.54 Å². The zero-order valence-corrected chi connectivity index (χ0v) is 9.99. The Morgan fingerprint density at radius 2 is 2.06 bits per heavy atom. The van der Waals surface area contributed by atoms with Crippen LogP contribution in [0.5, 0.6) is 5.75 Å². The third-order valence-electron chi connectivity index (χ3n) is 3.40. The van der Waals surface area contributed by atoms with E-state index in [2.05, 4.69) is 5.32 Å². The van der Waals surface area contributed by atoms with E-state index in [-0.39, 0.29) is 11.7 Å². The van der Waals surface area contributed by atoms with E-state index in [0.29, 0.717) is 5.69 Å². The number of hydrogen-bond acceptors (Lipinski definition) is 3. The second-order valence-corrected chi connectivity index (χ2v) is 4.82. The summed E-state index contributed by atoms with van der Waals surface area (Å²) in [6, 6.07) is 4.99. The number of benzene rings is 1. The monoisotopic (exact) mass is 234 g/mol. The lowest BCUT2D eigenvalue weighted by atomic mass is 9.98. The predicted molar refractivity (Wildman–Crippen MR) is 66.9 cm³/mol. The Hall–Kier alpha value is -1.55. The minimum atomic E-state index is -0.716. The molecule has 0 saturated heterocycles. The highest BCUT2D eigenvalue weighted by molar-refractivity contribution is 5.98. The van der Waals surface area contributed by atoms with Crippen LogP contribution in [-0.4, -0.2) is 16.6 Å². The number of nitrogens with two attached hydrogens (primary N) is 1. The van der Waals surface area contributed by atoms with Gasteiger partial charge in [-0.3, -0.25) is 4.79 Å². The molecule has 0 bridgehead atoms. The molecular formula is C13H18N2O2. The van der Waals surface area contributed by atoms with Crippen molar-refractivity contribution in [3.63, 3.8) is 0 Å². The summed E-state index contributed by atoms with van der Waals surface area (Å²) in [7, 11) is 0. The lowest BCUT2D eigenvalue weighted by molar-refractivity contribution is -0.121. The van der Waals surface area contributed by atoms with Gasteiger partial charge in [0.1, 0.15) is 5.75 Å². The molecule has 0 spiro atoms. The van der Waals surface area contributed by atoms with Crippen LogP contribution in [0.15, 0.2) is 18.2 Å². The molecule has 4 nitrogen and oxygen atoms in total. The van der Waals surface area contributed by atoms with Gasteiger partial charge in [0.05, 0.1) is 5.54 Å². The maximum Gasteiger partial charge on any atom is 0.244 e. The number of aromatic hydroxyl groups is 1. The molecule has 0 aliphatic heterocycles. The number of anilines is 1. The number of aryl methyl sites for hydroxylation is 1. The first-order valence-electron chi connectivity index (χ1n) is 5.91. The minimum absolute atomic E-state index is 0.125. The van der Waals surface area contributed by atoms with Gasteiger partial charge < -0.3 is 16.2 Å². The van der Waals surface area contributed by atoms with Crippen molar-refractivity contribution in [1.82, 2.24) is 0 Å². The van der Waals surface area contributed by atoms with Crippen LogP contribution in [0.4, 0.5) is 5.69 Å². The molecule has 1 saturated carbocycles. The second kappa shape index (κ2) is 4.37. The van der Waals surface area contributed by atoms with Gasteiger partial charge in [0, 0.05) is 5.69 Å². The van der Waals surface area contributed by atoms with E-state index in [4.69, 9.17) is 5.73 Å². The van der Waals surface area contributed by atoms with Gasteiger partial charge in [-0.1, -0.05) is 12.8 Å². The highest BCUT2D eigenvalue weighted by atomic mass is 16.3. The van der Waals surface area contributed by atoms with Gasteiger partial charge in [0.2, 0.25) is 5.91 Å². The fourth-order valence-electron chi connectivity index (χ4n) is 2.22. The molecule has 1 aliphatic rings. The van der Waals surface area contributed by atoms with Crippen LogP contribution in [0.2, 0.25) is 0 Å². The molecule has 2 rings (SSSR count). The van der Waals surface area contributed by atoms with Crippen LogP contribution < -0.4 is 11.1 Å². The lowest BCUT2D eigenvalue weighted by Crippen LogP contribution is -2.48. The maximum absolute atomic E-state index is 12.0. The van der Waals surface area contributed by atoms with Gasteiger partial charge in [-0.25, -0.2) is 0 Å². The molecule has 1 amide bonds. The van der Waals surface area contributed by atoms with Crippen molar-refractivity contribution in [3.05, 3.63) is 23.8 Å². The zero-order valence-electron chi connectivity index (χ0n) is 9.99. The van der Waals surface area contributed by atoms with Crippen molar-refractivity contribution < 1.29 is 9.90 Å². The quantitative estimate of drug-likeness (QED) is 0.684. The molecule has 4 N–H and O–H groups in total. The number of carbonyl (C=O) groups is 1. The largest absolute Gasteiger partial charge is 0.508 e. The number of nitrogens with one attached hydrogen (secondary N) is 1. The number of phenolic OH excluding ortho intramolecular Hbond substituents is 1. The Morgan fingerprint density at radius 3 is 2.65 bits per heavy atom. The van der Waals surface area contributed by atoms with E-state index in [1.807, 2.05) is 0 Å². The average Bonchev–Trinajstić information content (AvgIpc) is 2.72. The third-order valence-corrected chi connectivity index (χ3v) is 3.40. The Balaban J connectivity index is 2.10. The molecule has 4 heteroatoms. The predicted octanol–water partition coefficient (Wildman–Crippen LogP) is 1.91. The molecule has 0 aromatic heterocycles. The molecule has 17 heavy (non-hydrogen) atoms. The van der Waals surface area contributed by atoms with E-state index in [0.717, 1.165) is 31.2 Å². The molecule has 0 atom stereocenters. The average molecular weight is 234 g/mol. The topological polar surface area (TPSA) is 75.4 Å². The van der Waals surface area contributed by atoms with Crippen molar-refractivity contribution in [2.75, 3.05) is 5.32 Å². The van der Waals surface area contributed by atoms with Crippen LogP contribution in [0.25, 0.3) is 0 Å². The highest BCUT2D eigenvalue weighted by Gasteiger charge is 2.36. The van der Waals surface area contributed by atoms with Crippen molar-refractivity contribution in [1.29, 1.82) is 0 Å². The van der Waals surface area contributed by atoms with Crippen LogP contribution in [0.1, 0.15) is 31.2 Å². The molecule has 0 radical (unpaired) electrons. The number of amides is 1. The number of phenols is 1. The van der Waals surface area contributed by atoms with Crippen LogP contribution >= 0.6 is 0 Å². The molecule has 1 fully saturated rings. The van der Waals surface area contributed by atoms with Crippen molar-refractivity contribution in [3.8, 4) is 5.75 Å². The molecule has 1 aliphatic carbocycles. The van der Waals surface area contributed by atoms with E-state index in [1.54, 1.807) is 25.1 Å². The zero-order chi connectivity index (χ0) is 12.5. The standard InChI is InChI=1S/C13H18N2O2/c1-9-8-10(4-5-11(9)16)15-12(17)13(14)6-2-3-7-13/h4-5,8,16H,2-3,6-7,14H2,1H3,(H,15,17). The van der Waals surface area contributed by atoms with Gasteiger partial charge in [-0.15, -0.1) is 0 Å². The summed E-state index contributed by atoms with van der Waals surface area (Å²) in [5.74, 6) is 0.103. The minimum Gasteiger partial charge on any atom is -0.508 e. The van der Waals surface area contributed by atoms with Crippen LogP contribution in [-0.2, 0) is 4.79 Å². The third kappa shape index (κ3) is 2.42. The Morgan fingerprint density at radius 1 is 1.41 bits per heavy atom. The molecule has 0 heterocycles. The normalized spacial score (nSPS) is 18.0. The summed E-state index contributed by atoms with van der Waals surface area (Å²) < 4.78 is 0. The summed E-state index contributed by atoms with van der Waals surface area (Å²) in [6.45, 7) is 1.79. The smallest absolute Gasteiger partial charge is 0.244 e. The highest BCUT2D eigenvalue weighted by Crippen LogP contribution is 2.29. The number of carbonyl (C=O) groups excluding carboxylic acids is 1. The van der Waals surface area contributed by atoms with Gasteiger partial charge in [0.15, 0.2) is 0 Å². The van der Waals surface area contributed by atoms with E-state index in [9.17, 15) is 9.90 Å².